The molecule has 0 radical (unpaired) electrons. The Balaban J connectivity index is 2.12. The average Bonchev–Trinajstić information content (AvgIpc) is 2.75. The lowest BCUT2D eigenvalue weighted by Gasteiger charge is -2.29. The molecule has 0 spiro atoms. The van der Waals surface area contributed by atoms with E-state index in [0.29, 0.717) is 11.3 Å². The molecular formula is C23H30FN3O4S. The van der Waals surface area contributed by atoms with Crippen LogP contribution in [-0.2, 0) is 26.2 Å². The van der Waals surface area contributed by atoms with Gasteiger partial charge in [0, 0.05) is 26.6 Å². The van der Waals surface area contributed by atoms with E-state index in [0.717, 1.165) is 11.8 Å². The van der Waals surface area contributed by atoms with Crippen LogP contribution >= 0.6 is 0 Å². The van der Waals surface area contributed by atoms with Crippen LogP contribution in [0.15, 0.2) is 48.5 Å². The number of hydrogen-bond acceptors (Lipinski definition) is 4. The van der Waals surface area contributed by atoms with E-state index in [-0.39, 0.29) is 43.6 Å². The van der Waals surface area contributed by atoms with Crippen molar-refractivity contribution in [1.82, 2.24) is 10.2 Å². The molecule has 0 heterocycles. The quantitative estimate of drug-likeness (QED) is 0.587. The molecule has 0 aliphatic carbocycles. The van der Waals surface area contributed by atoms with Gasteiger partial charge in [-0.1, -0.05) is 29.8 Å². The number of benzene rings is 2. The minimum atomic E-state index is -3.53. The van der Waals surface area contributed by atoms with Gasteiger partial charge < -0.3 is 10.2 Å². The van der Waals surface area contributed by atoms with Crippen LogP contribution < -0.4 is 9.62 Å². The summed E-state index contributed by atoms with van der Waals surface area (Å²) < 4.78 is 39.1. The first-order valence-electron chi connectivity index (χ1n) is 10.3. The molecule has 1 N–H and O–H groups in total. The Morgan fingerprint density at radius 3 is 2.19 bits per heavy atom. The molecule has 9 heteroatoms. The van der Waals surface area contributed by atoms with Gasteiger partial charge in [0.05, 0.1) is 11.9 Å². The molecule has 0 aliphatic heterocycles. The molecule has 0 saturated heterocycles. The second-order valence-electron chi connectivity index (χ2n) is 7.71. The molecule has 2 aromatic rings. The molecule has 0 saturated carbocycles. The van der Waals surface area contributed by atoms with E-state index in [1.54, 1.807) is 31.2 Å². The number of likely N-dealkylation sites (N-methyl/N-ethyl adjacent to an activating group) is 1. The van der Waals surface area contributed by atoms with Gasteiger partial charge in [-0.3, -0.25) is 13.9 Å². The number of aryl methyl sites for hydroxylation is 1. The minimum absolute atomic E-state index is 0.0560. The number of anilines is 1. The van der Waals surface area contributed by atoms with Crippen molar-refractivity contribution in [3.63, 3.8) is 0 Å². The molecular weight excluding hydrogens is 433 g/mol. The van der Waals surface area contributed by atoms with Gasteiger partial charge >= 0.3 is 0 Å². The maximum atomic E-state index is 13.2. The van der Waals surface area contributed by atoms with E-state index in [4.69, 9.17) is 0 Å². The molecule has 7 nitrogen and oxygen atoms in total. The number of amides is 2. The van der Waals surface area contributed by atoms with Crippen molar-refractivity contribution in [2.75, 3.05) is 24.2 Å². The van der Waals surface area contributed by atoms with Crippen molar-refractivity contribution >= 4 is 27.5 Å². The topological polar surface area (TPSA) is 86.8 Å². The van der Waals surface area contributed by atoms with E-state index >= 15 is 0 Å². The largest absolute Gasteiger partial charge is 0.357 e. The fraction of sp³-hybridized carbons (Fsp3) is 0.391. The van der Waals surface area contributed by atoms with Crippen LogP contribution in [0.25, 0.3) is 0 Å². The van der Waals surface area contributed by atoms with Crippen molar-refractivity contribution in [1.29, 1.82) is 0 Å². The van der Waals surface area contributed by atoms with Crippen LogP contribution in [0.4, 0.5) is 10.1 Å². The molecule has 2 aromatic carbocycles. The average molecular weight is 464 g/mol. The summed E-state index contributed by atoms with van der Waals surface area (Å²) in [4.78, 5) is 26.6. The van der Waals surface area contributed by atoms with Crippen molar-refractivity contribution in [3.05, 3.63) is 65.5 Å². The van der Waals surface area contributed by atoms with E-state index in [9.17, 15) is 22.4 Å². The normalized spacial score (nSPS) is 12.2. The Labute approximate surface area is 189 Å². The summed E-state index contributed by atoms with van der Waals surface area (Å²) in [5.74, 6) is -0.997. The summed E-state index contributed by atoms with van der Waals surface area (Å²) in [5.41, 5.74) is 2.23. The zero-order valence-corrected chi connectivity index (χ0v) is 19.7. The Hall–Kier alpha value is -2.94. The molecule has 0 bridgehead atoms. The smallest absolute Gasteiger partial charge is 0.242 e. The molecule has 0 unspecified atom stereocenters. The highest BCUT2D eigenvalue weighted by Crippen LogP contribution is 2.20. The Bertz CT molecular complexity index is 1020. The third-order valence-corrected chi connectivity index (χ3v) is 6.35. The predicted octanol–water partition coefficient (Wildman–Crippen LogP) is 2.84. The predicted molar refractivity (Wildman–Crippen MR) is 123 cm³/mol. The number of halogens is 1. The first kappa shape index (κ1) is 25.3. The lowest BCUT2D eigenvalue weighted by Crippen LogP contribution is -2.46. The molecule has 0 aromatic heterocycles. The maximum Gasteiger partial charge on any atom is 0.242 e. The van der Waals surface area contributed by atoms with Gasteiger partial charge in [-0.15, -0.1) is 0 Å². The summed E-state index contributed by atoms with van der Waals surface area (Å²) in [7, 11) is -2.04. The summed E-state index contributed by atoms with van der Waals surface area (Å²) in [6, 6.07) is 12.1. The zero-order chi connectivity index (χ0) is 23.9. The van der Waals surface area contributed by atoms with Crippen LogP contribution in [0.1, 0.15) is 30.9 Å². The number of carbonyl (C=O) groups excluding carboxylic acids is 2. The molecule has 0 aliphatic rings. The number of nitrogens with one attached hydrogen (secondary N) is 1. The van der Waals surface area contributed by atoms with Gasteiger partial charge in [-0.2, -0.15) is 0 Å². The monoisotopic (exact) mass is 463 g/mol. The Morgan fingerprint density at radius 2 is 1.66 bits per heavy atom. The van der Waals surface area contributed by atoms with Crippen molar-refractivity contribution < 1.29 is 22.4 Å². The molecule has 32 heavy (non-hydrogen) atoms. The SMILES string of the molecule is CNC(=O)[C@@H](C)N(Cc1ccc(F)cc1)C(=O)CCCN(c1ccc(C)cc1)S(C)(=O)=O. The lowest BCUT2D eigenvalue weighted by atomic mass is 10.1. The number of sulfonamides is 1. The third kappa shape index (κ3) is 7.05. The van der Waals surface area contributed by atoms with E-state index in [2.05, 4.69) is 5.32 Å². The highest BCUT2D eigenvalue weighted by atomic mass is 32.2. The molecule has 2 amide bonds. The maximum absolute atomic E-state index is 13.2. The second kappa shape index (κ2) is 11.1. The van der Waals surface area contributed by atoms with Gasteiger partial charge in [-0.25, -0.2) is 12.8 Å². The van der Waals surface area contributed by atoms with E-state index in [1.807, 2.05) is 19.1 Å². The Morgan fingerprint density at radius 1 is 1.06 bits per heavy atom. The van der Waals surface area contributed by atoms with Crippen LogP contribution in [-0.4, -0.2) is 51.0 Å². The van der Waals surface area contributed by atoms with Gasteiger partial charge in [-0.05, 0) is 50.1 Å². The first-order valence-corrected chi connectivity index (χ1v) is 12.2. The van der Waals surface area contributed by atoms with Gasteiger partial charge in [0.15, 0.2) is 0 Å². The van der Waals surface area contributed by atoms with Crippen molar-refractivity contribution in [3.8, 4) is 0 Å². The van der Waals surface area contributed by atoms with Crippen LogP contribution in [0.3, 0.4) is 0 Å². The third-order valence-electron chi connectivity index (χ3n) is 5.15. The van der Waals surface area contributed by atoms with Gasteiger partial charge in [0.1, 0.15) is 11.9 Å². The lowest BCUT2D eigenvalue weighted by molar-refractivity contribution is -0.140. The van der Waals surface area contributed by atoms with Crippen LogP contribution in [0.5, 0.6) is 0 Å². The zero-order valence-electron chi connectivity index (χ0n) is 18.8. The number of carbonyl (C=O) groups is 2. The highest BCUT2D eigenvalue weighted by Gasteiger charge is 2.26. The van der Waals surface area contributed by atoms with E-state index < -0.39 is 16.1 Å². The standard InChI is InChI=1S/C23H30FN3O4S/c1-17-7-13-21(14-8-17)27(32(4,30)31)15-5-6-22(28)26(18(2)23(29)25-3)16-19-9-11-20(24)12-10-19/h7-14,18H,5-6,15-16H2,1-4H3,(H,25,29)/t18-/m1/s1. The molecule has 174 valence electrons. The minimum Gasteiger partial charge on any atom is -0.357 e. The number of hydrogen-bond donors (Lipinski definition) is 1. The first-order chi connectivity index (χ1) is 15.0. The highest BCUT2D eigenvalue weighted by molar-refractivity contribution is 7.92. The van der Waals surface area contributed by atoms with Crippen molar-refractivity contribution in [2.45, 2.75) is 39.3 Å². The fourth-order valence-electron chi connectivity index (χ4n) is 3.29. The fourth-order valence-corrected chi connectivity index (χ4v) is 4.26. The number of rotatable bonds is 10. The van der Waals surface area contributed by atoms with E-state index in [1.165, 1.54) is 28.4 Å². The summed E-state index contributed by atoms with van der Waals surface area (Å²) in [5, 5.41) is 2.53. The summed E-state index contributed by atoms with van der Waals surface area (Å²) in [6.45, 7) is 3.81. The molecule has 1 atom stereocenters. The second-order valence-corrected chi connectivity index (χ2v) is 9.62. The number of nitrogens with zero attached hydrogens (tertiary/aromatic N) is 2. The molecule has 0 fully saturated rings. The van der Waals surface area contributed by atoms with Gasteiger partial charge in [0.25, 0.3) is 0 Å². The molecule has 2 rings (SSSR count). The Kier molecular flexibility index (Phi) is 8.77. The van der Waals surface area contributed by atoms with Crippen LogP contribution in [0.2, 0.25) is 0 Å². The summed E-state index contributed by atoms with van der Waals surface area (Å²) in [6.07, 6.45) is 1.46. The summed E-state index contributed by atoms with van der Waals surface area (Å²) >= 11 is 0. The van der Waals surface area contributed by atoms with Crippen LogP contribution in [0, 0.1) is 12.7 Å². The van der Waals surface area contributed by atoms with Crippen molar-refractivity contribution in [2.24, 2.45) is 0 Å². The van der Waals surface area contributed by atoms with Gasteiger partial charge in [0.2, 0.25) is 21.8 Å².